The molecule has 0 unspecified atom stereocenters. The summed E-state index contributed by atoms with van der Waals surface area (Å²) in [5.41, 5.74) is 1.62. The van der Waals surface area contributed by atoms with E-state index in [1.165, 1.54) is 12.1 Å². The van der Waals surface area contributed by atoms with Gasteiger partial charge in [-0.15, -0.1) is 0 Å². The van der Waals surface area contributed by atoms with Gasteiger partial charge in [0.25, 0.3) is 10.0 Å². The van der Waals surface area contributed by atoms with Crippen molar-refractivity contribution in [2.24, 2.45) is 0 Å². The van der Waals surface area contributed by atoms with E-state index in [2.05, 4.69) is 34.5 Å². The first-order chi connectivity index (χ1) is 9.79. The molecule has 1 N–H and O–H groups in total. The number of rotatable bonds is 4. The standard InChI is InChI=1S/C15H15BrClNO2S/c1-10(2)11-4-3-5-12(8-11)18-21(19,20)13-6-7-15(17)14(16)9-13/h3-10,18H,1-2H3. The third-order valence-electron chi connectivity index (χ3n) is 3.01. The van der Waals surface area contributed by atoms with E-state index in [1.54, 1.807) is 12.1 Å². The average molecular weight is 389 g/mol. The van der Waals surface area contributed by atoms with Crippen molar-refractivity contribution in [1.29, 1.82) is 0 Å². The zero-order valence-corrected chi connectivity index (χ0v) is 14.8. The monoisotopic (exact) mass is 387 g/mol. The van der Waals surface area contributed by atoms with Crippen LogP contribution in [0.2, 0.25) is 5.02 Å². The predicted octanol–water partition coefficient (Wildman–Crippen LogP) is 5.03. The van der Waals surface area contributed by atoms with Crippen molar-refractivity contribution in [2.45, 2.75) is 24.7 Å². The molecule has 0 bridgehead atoms. The third kappa shape index (κ3) is 3.99. The second kappa shape index (κ2) is 6.38. The van der Waals surface area contributed by atoms with Crippen molar-refractivity contribution >= 4 is 43.2 Å². The maximum absolute atomic E-state index is 12.4. The zero-order chi connectivity index (χ0) is 15.6. The summed E-state index contributed by atoms with van der Waals surface area (Å²) in [6.45, 7) is 4.12. The van der Waals surface area contributed by atoms with Crippen LogP contribution in [0, 0.1) is 0 Å². The van der Waals surface area contributed by atoms with Crippen molar-refractivity contribution in [3.8, 4) is 0 Å². The summed E-state index contributed by atoms with van der Waals surface area (Å²) in [4.78, 5) is 0.161. The smallest absolute Gasteiger partial charge is 0.261 e. The van der Waals surface area contributed by atoms with Gasteiger partial charge in [-0.3, -0.25) is 4.72 Å². The summed E-state index contributed by atoms with van der Waals surface area (Å²) in [6, 6.07) is 11.9. The molecule has 3 nitrogen and oxygen atoms in total. The third-order valence-corrected chi connectivity index (χ3v) is 5.60. The Morgan fingerprint density at radius 3 is 2.48 bits per heavy atom. The van der Waals surface area contributed by atoms with Crippen LogP contribution >= 0.6 is 27.5 Å². The molecule has 0 radical (unpaired) electrons. The highest BCUT2D eigenvalue weighted by atomic mass is 79.9. The Hall–Kier alpha value is -1.04. The van der Waals surface area contributed by atoms with E-state index in [1.807, 2.05) is 18.2 Å². The van der Waals surface area contributed by atoms with Gasteiger partial charge < -0.3 is 0 Å². The molecule has 0 saturated carbocycles. The van der Waals surface area contributed by atoms with Gasteiger partial charge in [-0.2, -0.15) is 0 Å². The summed E-state index contributed by atoms with van der Waals surface area (Å²) >= 11 is 9.11. The number of hydrogen-bond donors (Lipinski definition) is 1. The van der Waals surface area contributed by atoms with Crippen LogP contribution in [0.5, 0.6) is 0 Å². The average Bonchev–Trinajstić information content (AvgIpc) is 2.41. The highest BCUT2D eigenvalue weighted by Gasteiger charge is 2.16. The number of sulfonamides is 1. The van der Waals surface area contributed by atoms with E-state index in [-0.39, 0.29) is 4.90 Å². The molecule has 21 heavy (non-hydrogen) atoms. The second-order valence-corrected chi connectivity index (χ2v) is 7.91. The lowest BCUT2D eigenvalue weighted by Gasteiger charge is -2.11. The Kier molecular flexibility index (Phi) is 4.96. The van der Waals surface area contributed by atoms with E-state index in [9.17, 15) is 8.42 Å². The first-order valence-corrected chi connectivity index (χ1v) is 9.03. The van der Waals surface area contributed by atoms with Gasteiger partial charge in [-0.1, -0.05) is 37.6 Å². The minimum absolute atomic E-state index is 0.161. The largest absolute Gasteiger partial charge is 0.280 e. The van der Waals surface area contributed by atoms with Crippen LogP contribution in [0.1, 0.15) is 25.3 Å². The molecule has 0 aliphatic carbocycles. The van der Waals surface area contributed by atoms with Crippen molar-refractivity contribution in [2.75, 3.05) is 4.72 Å². The highest BCUT2D eigenvalue weighted by Crippen LogP contribution is 2.27. The maximum atomic E-state index is 12.4. The van der Waals surface area contributed by atoms with Gasteiger partial charge in [0.2, 0.25) is 0 Å². The molecule has 0 amide bonds. The normalized spacial score (nSPS) is 11.7. The van der Waals surface area contributed by atoms with Crippen LogP contribution in [-0.4, -0.2) is 8.42 Å². The number of nitrogens with one attached hydrogen (secondary N) is 1. The van der Waals surface area contributed by atoms with Crippen LogP contribution in [0.15, 0.2) is 51.8 Å². The molecule has 2 aromatic carbocycles. The lowest BCUT2D eigenvalue weighted by molar-refractivity contribution is 0.601. The van der Waals surface area contributed by atoms with Crippen molar-refractivity contribution in [1.82, 2.24) is 0 Å². The van der Waals surface area contributed by atoms with Crippen LogP contribution in [-0.2, 0) is 10.0 Å². The van der Waals surface area contributed by atoms with Crippen LogP contribution in [0.25, 0.3) is 0 Å². The fourth-order valence-corrected chi connectivity index (χ4v) is 3.54. The summed E-state index contributed by atoms with van der Waals surface area (Å²) < 4.78 is 27.9. The molecular formula is C15H15BrClNO2S. The van der Waals surface area contributed by atoms with E-state index < -0.39 is 10.0 Å². The number of benzene rings is 2. The lowest BCUT2D eigenvalue weighted by atomic mass is 10.0. The Balaban J connectivity index is 2.33. The molecule has 6 heteroatoms. The molecule has 112 valence electrons. The first kappa shape index (κ1) is 16.3. The Morgan fingerprint density at radius 1 is 1.14 bits per heavy atom. The van der Waals surface area contributed by atoms with Gasteiger partial charge in [-0.05, 0) is 57.7 Å². The molecule has 0 aliphatic heterocycles. The zero-order valence-electron chi connectivity index (χ0n) is 11.6. The maximum Gasteiger partial charge on any atom is 0.261 e. The molecule has 2 aromatic rings. The van der Waals surface area contributed by atoms with E-state index in [0.717, 1.165) is 5.56 Å². The first-order valence-electron chi connectivity index (χ1n) is 6.37. The molecule has 0 saturated heterocycles. The van der Waals surface area contributed by atoms with Crippen molar-refractivity contribution in [3.05, 3.63) is 57.5 Å². The molecule has 0 aliphatic rings. The summed E-state index contributed by atoms with van der Waals surface area (Å²) in [5.74, 6) is 0.333. The lowest BCUT2D eigenvalue weighted by Crippen LogP contribution is -2.13. The molecule has 0 spiro atoms. The Morgan fingerprint density at radius 2 is 1.86 bits per heavy atom. The van der Waals surface area contributed by atoms with E-state index in [4.69, 9.17) is 11.6 Å². The number of hydrogen-bond acceptors (Lipinski definition) is 2. The number of anilines is 1. The molecular weight excluding hydrogens is 374 g/mol. The molecule has 0 aromatic heterocycles. The topological polar surface area (TPSA) is 46.2 Å². The van der Waals surface area contributed by atoms with E-state index in [0.29, 0.717) is 21.1 Å². The highest BCUT2D eigenvalue weighted by molar-refractivity contribution is 9.10. The van der Waals surface area contributed by atoms with Crippen molar-refractivity contribution in [3.63, 3.8) is 0 Å². The predicted molar refractivity (Wildman–Crippen MR) is 90.5 cm³/mol. The van der Waals surface area contributed by atoms with Gasteiger partial charge >= 0.3 is 0 Å². The second-order valence-electron chi connectivity index (χ2n) is 4.96. The molecule has 2 rings (SSSR count). The summed E-state index contributed by atoms with van der Waals surface area (Å²) in [5, 5.41) is 0.468. The summed E-state index contributed by atoms with van der Waals surface area (Å²) in [6.07, 6.45) is 0. The SMILES string of the molecule is CC(C)c1cccc(NS(=O)(=O)c2ccc(Cl)c(Br)c2)c1. The quantitative estimate of drug-likeness (QED) is 0.798. The van der Waals surface area contributed by atoms with Gasteiger partial charge in [0, 0.05) is 10.2 Å². The van der Waals surface area contributed by atoms with Gasteiger partial charge in [-0.25, -0.2) is 8.42 Å². The molecule has 0 fully saturated rings. The van der Waals surface area contributed by atoms with Crippen molar-refractivity contribution < 1.29 is 8.42 Å². The minimum atomic E-state index is -3.63. The Labute approximate surface area is 138 Å². The fraction of sp³-hybridized carbons (Fsp3) is 0.200. The number of halogens is 2. The fourth-order valence-electron chi connectivity index (χ4n) is 1.82. The van der Waals surface area contributed by atoms with E-state index >= 15 is 0 Å². The van der Waals surface area contributed by atoms with Gasteiger partial charge in [0.15, 0.2) is 0 Å². The molecule has 0 heterocycles. The molecule has 0 atom stereocenters. The Bertz CT molecular complexity index is 760. The minimum Gasteiger partial charge on any atom is -0.280 e. The van der Waals surface area contributed by atoms with Gasteiger partial charge in [0.1, 0.15) is 0 Å². The summed E-state index contributed by atoms with van der Waals surface area (Å²) in [7, 11) is -3.63. The van der Waals surface area contributed by atoms with Gasteiger partial charge in [0.05, 0.1) is 9.92 Å². The van der Waals surface area contributed by atoms with Crippen LogP contribution in [0.4, 0.5) is 5.69 Å². The van der Waals surface area contributed by atoms with Crippen LogP contribution in [0.3, 0.4) is 0 Å². The van der Waals surface area contributed by atoms with Crippen LogP contribution < -0.4 is 4.72 Å².